The first kappa shape index (κ1) is 19.1. The summed E-state index contributed by atoms with van der Waals surface area (Å²) in [6.45, 7) is 1.73. The maximum absolute atomic E-state index is 13.4. The summed E-state index contributed by atoms with van der Waals surface area (Å²) in [4.78, 5) is 0. The highest BCUT2D eigenvalue weighted by atomic mass is 19.4. The van der Waals surface area contributed by atoms with Gasteiger partial charge in [0.1, 0.15) is 23.6 Å². The van der Waals surface area contributed by atoms with Crippen LogP contribution in [-0.4, -0.2) is 41.7 Å². The van der Waals surface area contributed by atoms with Gasteiger partial charge in [-0.05, 0) is 37.5 Å². The van der Waals surface area contributed by atoms with Gasteiger partial charge in [0.05, 0.1) is 11.7 Å². The normalized spacial score (nSPS) is 30.0. The molecule has 0 spiro atoms. The Morgan fingerprint density at radius 3 is 2.62 bits per heavy atom. The van der Waals surface area contributed by atoms with Crippen LogP contribution in [0, 0.1) is 5.82 Å². The monoisotopic (exact) mass is 352 g/mol. The zero-order valence-corrected chi connectivity index (χ0v) is 13.3. The van der Waals surface area contributed by atoms with E-state index in [9.17, 15) is 27.8 Å². The first-order valence-electron chi connectivity index (χ1n) is 7.50. The molecule has 4 atom stereocenters. The fraction of sp³-hybridized carbons (Fsp3) is 0.625. The van der Waals surface area contributed by atoms with Gasteiger partial charge in [-0.1, -0.05) is 6.07 Å². The minimum atomic E-state index is -4.88. The number of rotatable bonds is 3. The number of hydrogen-bond donors (Lipinski definition) is 2. The van der Waals surface area contributed by atoms with Crippen LogP contribution >= 0.6 is 0 Å². The van der Waals surface area contributed by atoms with E-state index in [2.05, 4.69) is 0 Å². The molecule has 0 radical (unpaired) electrons. The molecule has 1 aliphatic rings. The van der Waals surface area contributed by atoms with Crippen LogP contribution in [0.25, 0.3) is 0 Å². The molecule has 0 bridgehead atoms. The van der Waals surface area contributed by atoms with Crippen molar-refractivity contribution in [3.8, 4) is 0 Å². The van der Waals surface area contributed by atoms with E-state index >= 15 is 0 Å². The first-order valence-corrected chi connectivity index (χ1v) is 7.50. The Hall–Kier alpha value is -1.22. The summed E-state index contributed by atoms with van der Waals surface area (Å²) < 4.78 is 62.9. The second-order valence-corrected chi connectivity index (χ2v) is 6.02. The Bertz CT molecular complexity index is 578. The predicted molar refractivity (Wildman–Crippen MR) is 76.8 cm³/mol. The summed E-state index contributed by atoms with van der Waals surface area (Å²) in [5.41, 5.74) is -2.94. The van der Waals surface area contributed by atoms with E-state index in [1.807, 2.05) is 0 Å². The van der Waals surface area contributed by atoms with E-state index < -0.39 is 41.5 Å². The molecule has 1 heterocycles. The van der Waals surface area contributed by atoms with Crippen LogP contribution in [0.3, 0.4) is 0 Å². The smallest absolute Gasteiger partial charge is 0.390 e. The molecule has 0 saturated carbocycles. The fourth-order valence-electron chi connectivity index (χ4n) is 2.90. The Kier molecular flexibility index (Phi) is 5.54. The Morgan fingerprint density at radius 2 is 2.04 bits per heavy atom. The van der Waals surface area contributed by atoms with Gasteiger partial charge in [0.15, 0.2) is 0 Å². The molecule has 1 aromatic rings. The van der Waals surface area contributed by atoms with Crippen LogP contribution in [0.5, 0.6) is 0 Å². The Labute approximate surface area is 137 Å². The minimum absolute atomic E-state index is 0.161. The molecule has 0 aromatic heterocycles. The maximum atomic E-state index is 13.4. The van der Waals surface area contributed by atoms with Gasteiger partial charge in [-0.3, -0.25) is 0 Å². The van der Waals surface area contributed by atoms with E-state index in [4.69, 9.17) is 9.47 Å². The van der Waals surface area contributed by atoms with Crippen LogP contribution in [0.2, 0.25) is 0 Å². The average molecular weight is 352 g/mol. The molecule has 24 heavy (non-hydrogen) atoms. The van der Waals surface area contributed by atoms with Gasteiger partial charge in [-0.25, -0.2) is 4.39 Å². The summed E-state index contributed by atoms with van der Waals surface area (Å²) in [6, 6.07) is 2.27. The van der Waals surface area contributed by atoms with Crippen molar-refractivity contribution >= 4 is 0 Å². The van der Waals surface area contributed by atoms with Gasteiger partial charge in [0.25, 0.3) is 0 Å². The van der Waals surface area contributed by atoms with Crippen LogP contribution in [0.15, 0.2) is 18.2 Å². The van der Waals surface area contributed by atoms with Crippen LogP contribution in [0.1, 0.15) is 37.0 Å². The van der Waals surface area contributed by atoms with Gasteiger partial charge in [0.2, 0.25) is 0 Å². The lowest BCUT2D eigenvalue weighted by atomic mass is 9.84. The molecule has 0 unspecified atom stereocenters. The molecule has 1 saturated heterocycles. The summed E-state index contributed by atoms with van der Waals surface area (Å²) in [5, 5.41) is 20.8. The van der Waals surface area contributed by atoms with Crippen molar-refractivity contribution in [2.45, 2.75) is 49.9 Å². The van der Waals surface area contributed by atoms with Gasteiger partial charge in [-0.15, -0.1) is 0 Å². The molecule has 1 fully saturated rings. The molecule has 136 valence electrons. The zero-order valence-electron chi connectivity index (χ0n) is 13.3. The second-order valence-electron chi connectivity index (χ2n) is 6.02. The highest BCUT2D eigenvalue weighted by Gasteiger charge is 2.47. The Morgan fingerprint density at radius 1 is 1.38 bits per heavy atom. The van der Waals surface area contributed by atoms with Crippen molar-refractivity contribution in [3.05, 3.63) is 35.1 Å². The molecular weight excluding hydrogens is 332 g/mol. The van der Waals surface area contributed by atoms with Gasteiger partial charge < -0.3 is 19.7 Å². The largest absolute Gasteiger partial charge is 0.419 e. The highest BCUT2D eigenvalue weighted by Crippen LogP contribution is 2.38. The van der Waals surface area contributed by atoms with Gasteiger partial charge >= 0.3 is 6.18 Å². The molecule has 4 nitrogen and oxygen atoms in total. The topological polar surface area (TPSA) is 58.9 Å². The molecular formula is C16H20F4O4. The molecule has 0 amide bonds. The van der Waals surface area contributed by atoms with Crippen molar-refractivity contribution in [2.75, 3.05) is 13.7 Å². The van der Waals surface area contributed by atoms with Gasteiger partial charge in [-0.2, -0.15) is 13.2 Å². The lowest BCUT2D eigenvalue weighted by molar-refractivity contribution is -0.191. The summed E-state index contributed by atoms with van der Waals surface area (Å²) in [7, 11) is 1.32. The standard InChI is InChI=1S/C16H20F4O4/c1-15(23-2)12(21)4-3-7-24-14(15)13(22)9-5-6-11(17)10(8-9)16(18,19)20/h5-6,8,12-14,21-22H,3-4,7H2,1-2H3/t12-,13+,14+,15-/m0/s1. The quantitative estimate of drug-likeness (QED) is 0.822. The van der Waals surface area contributed by atoms with Crippen molar-refractivity contribution in [1.82, 2.24) is 0 Å². The molecule has 8 heteroatoms. The third-order valence-electron chi connectivity index (χ3n) is 4.51. The molecule has 2 rings (SSSR count). The molecule has 1 aromatic carbocycles. The van der Waals surface area contributed by atoms with E-state index in [-0.39, 0.29) is 12.2 Å². The third-order valence-corrected chi connectivity index (χ3v) is 4.51. The number of aliphatic hydroxyl groups excluding tert-OH is 2. The van der Waals surface area contributed by atoms with E-state index in [0.29, 0.717) is 25.0 Å². The lowest BCUT2D eigenvalue weighted by Gasteiger charge is -2.40. The zero-order chi connectivity index (χ0) is 18.1. The molecule has 0 aliphatic carbocycles. The number of methoxy groups -OCH3 is 1. The lowest BCUT2D eigenvalue weighted by Crippen LogP contribution is -2.53. The third kappa shape index (κ3) is 3.56. The second kappa shape index (κ2) is 6.95. The predicted octanol–water partition coefficient (Wildman–Crippen LogP) is 2.82. The van der Waals surface area contributed by atoms with Gasteiger partial charge in [0, 0.05) is 13.7 Å². The minimum Gasteiger partial charge on any atom is -0.390 e. The number of halogens is 4. The number of alkyl halides is 3. The van der Waals surface area contributed by atoms with Crippen molar-refractivity contribution in [1.29, 1.82) is 0 Å². The van der Waals surface area contributed by atoms with Crippen molar-refractivity contribution in [2.24, 2.45) is 0 Å². The average Bonchev–Trinajstić information content (AvgIpc) is 2.66. The maximum Gasteiger partial charge on any atom is 0.419 e. The number of aliphatic hydroxyl groups is 2. The molecule has 1 aliphatic heterocycles. The SMILES string of the molecule is CO[C@]1(C)[C@@H]([C@H](O)c2ccc(F)c(C(F)(F)F)c2)OCCC[C@@H]1O. The fourth-order valence-corrected chi connectivity index (χ4v) is 2.90. The first-order chi connectivity index (χ1) is 11.1. The number of benzene rings is 1. The van der Waals surface area contributed by atoms with E-state index in [0.717, 1.165) is 6.07 Å². The number of ether oxygens (including phenoxy) is 2. The van der Waals surface area contributed by atoms with Crippen LogP contribution in [0.4, 0.5) is 17.6 Å². The molecule has 2 N–H and O–H groups in total. The van der Waals surface area contributed by atoms with E-state index in [1.54, 1.807) is 0 Å². The summed E-state index contributed by atoms with van der Waals surface area (Å²) in [6.07, 6.45) is -7.59. The van der Waals surface area contributed by atoms with Crippen molar-refractivity contribution < 1.29 is 37.2 Å². The number of hydrogen-bond acceptors (Lipinski definition) is 4. The van der Waals surface area contributed by atoms with E-state index in [1.165, 1.54) is 14.0 Å². The van der Waals surface area contributed by atoms with Crippen LogP contribution < -0.4 is 0 Å². The summed E-state index contributed by atoms with van der Waals surface area (Å²) in [5.74, 6) is -1.42. The highest BCUT2D eigenvalue weighted by molar-refractivity contribution is 5.30. The van der Waals surface area contributed by atoms with Crippen LogP contribution in [-0.2, 0) is 15.7 Å². The Balaban J connectivity index is 2.41. The van der Waals surface area contributed by atoms with Crippen molar-refractivity contribution in [3.63, 3.8) is 0 Å². The summed E-state index contributed by atoms with van der Waals surface area (Å²) >= 11 is 0.